The molecule has 0 saturated heterocycles. The van der Waals surface area contributed by atoms with E-state index in [0.29, 0.717) is 13.0 Å². The van der Waals surface area contributed by atoms with E-state index in [1.807, 2.05) is 23.6 Å². The molecule has 6 heteroatoms. The number of amides is 3. The number of nitrogens with two attached hydrogens (primary N) is 1. The van der Waals surface area contributed by atoms with Crippen LogP contribution in [0.25, 0.3) is 0 Å². The van der Waals surface area contributed by atoms with E-state index in [4.69, 9.17) is 5.84 Å². The van der Waals surface area contributed by atoms with E-state index in [2.05, 4.69) is 5.32 Å². The summed E-state index contributed by atoms with van der Waals surface area (Å²) < 4.78 is 0. The zero-order chi connectivity index (χ0) is 12.4. The van der Waals surface area contributed by atoms with Gasteiger partial charge in [-0.1, -0.05) is 12.1 Å². The van der Waals surface area contributed by atoms with Crippen LogP contribution in [0.3, 0.4) is 0 Å². The number of rotatable bonds is 2. The van der Waals surface area contributed by atoms with Crippen LogP contribution in [0.15, 0.2) is 18.2 Å². The summed E-state index contributed by atoms with van der Waals surface area (Å²) in [5.41, 5.74) is 4.85. The first-order chi connectivity index (χ1) is 8.11. The summed E-state index contributed by atoms with van der Waals surface area (Å²) in [5, 5.41) is 2.59. The molecule has 0 fully saturated rings. The molecule has 1 heterocycles. The van der Waals surface area contributed by atoms with Crippen LogP contribution in [0, 0.1) is 0 Å². The second-order valence-corrected chi connectivity index (χ2v) is 3.92. The van der Waals surface area contributed by atoms with Gasteiger partial charge in [-0.3, -0.25) is 10.2 Å². The molecule has 0 spiro atoms. The van der Waals surface area contributed by atoms with E-state index in [0.717, 1.165) is 16.8 Å². The maximum Gasteiger partial charge on any atom is 0.329 e. The Balaban J connectivity index is 2.11. The number of nitrogens with one attached hydrogen (secondary N) is 2. The topological polar surface area (TPSA) is 87.5 Å². The molecule has 0 aromatic heterocycles. The average Bonchev–Trinajstić information content (AvgIpc) is 2.62. The number of carbonyl (C=O) groups is 2. The fourth-order valence-corrected chi connectivity index (χ4v) is 1.87. The molecule has 1 aromatic rings. The van der Waals surface area contributed by atoms with E-state index in [1.165, 1.54) is 0 Å². The van der Waals surface area contributed by atoms with Gasteiger partial charge in [-0.25, -0.2) is 10.6 Å². The van der Waals surface area contributed by atoms with Crippen molar-refractivity contribution in [3.63, 3.8) is 0 Å². The summed E-state index contributed by atoms with van der Waals surface area (Å²) >= 11 is 0. The van der Waals surface area contributed by atoms with Crippen LogP contribution in [0.1, 0.15) is 11.1 Å². The van der Waals surface area contributed by atoms with Crippen molar-refractivity contribution in [2.75, 3.05) is 11.9 Å². The number of hydrogen-bond donors (Lipinski definition) is 3. The molecule has 0 atom stereocenters. The molecule has 6 nitrogen and oxygen atoms in total. The van der Waals surface area contributed by atoms with Crippen molar-refractivity contribution in [1.82, 2.24) is 10.7 Å². The molecule has 17 heavy (non-hydrogen) atoms. The molecule has 3 amide bonds. The van der Waals surface area contributed by atoms with Gasteiger partial charge in [-0.05, 0) is 17.2 Å². The van der Waals surface area contributed by atoms with E-state index in [1.54, 1.807) is 11.9 Å². The van der Waals surface area contributed by atoms with Gasteiger partial charge in [0.05, 0.1) is 6.42 Å². The minimum absolute atomic E-state index is 0.0878. The van der Waals surface area contributed by atoms with Crippen molar-refractivity contribution < 1.29 is 9.59 Å². The van der Waals surface area contributed by atoms with E-state index in [9.17, 15) is 9.59 Å². The van der Waals surface area contributed by atoms with Gasteiger partial charge in [-0.15, -0.1) is 0 Å². The van der Waals surface area contributed by atoms with Crippen molar-refractivity contribution >= 4 is 17.6 Å². The molecule has 1 aliphatic heterocycles. The van der Waals surface area contributed by atoms with Crippen LogP contribution in [-0.4, -0.2) is 19.0 Å². The lowest BCUT2D eigenvalue weighted by Crippen LogP contribution is -2.39. The third kappa shape index (κ3) is 2.21. The molecular weight excluding hydrogens is 220 g/mol. The third-order valence-corrected chi connectivity index (χ3v) is 2.81. The lowest BCUT2D eigenvalue weighted by molar-refractivity contribution is -0.117. The van der Waals surface area contributed by atoms with Gasteiger partial charge in [0.1, 0.15) is 0 Å². The number of fused-ring (bicyclic) bond motifs is 1. The van der Waals surface area contributed by atoms with Gasteiger partial charge in [0.2, 0.25) is 5.91 Å². The third-order valence-electron chi connectivity index (χ3n) is 2.81. The second-order valence-electron chi connectivity index (χ2n) is 3.92. The fraction of sp³-hybridized carbons (Fsp3) is 0.273. The molecule has 4 N–H and O–H groups in total. The van der Waals surface area contributed by atoms with Crippen molar-refractivity contribution in [3.8, 4) is 0 Å². The van der Waals surface area contributed by atoms with E-state index >= 15 is 0 Å². The Bertz CT molecular complexity index is 473. The molecule has 1 aliphatic rings. The largest absolute Gasteiger partial charge is 0.333 e. The summed E-state index contributed by atoms with van der Waals surface area (Å²) in [6.45, 7) is 0.383. The quantitative estimate of drug-likeness (QED) is 0.378. The van der Waals surface area contributed by atoms with Crippen LogP contribution in [0.4, 0.5) is 10.5 Å². The summed E-state index contributed by atoms with van der Waals surface area (Å²) in [7, 11) is 1.76. The highest BCUT2D eigenvalue weighted by molar-refractivity contribution is 6.00. The first-order valence-corrected chi connectivity index (χ1v) is 5.24. The molecule has 0 unspecified atom stereocenters. The van der Waals surface area contributed by atoms with Gasteiger partial charge in [0.15, 0.2) is 0 Å². The van der Waals surface area contributed by atoms with Gasteiger partial charge < -0.3 is 10.2 Å². The van der Waals surface area contributed by atoms with Crippen molar-refractivity contribution in [3.05, 3.63) is 29.3 Å². The van der Waals surface area contributed by atoms with Crippen molar-refractivity contribution in [1.29, 1.82) is 0 Å². The number of benzene rings is 1. The number of urea groups is 1. The van der Waals surface area contributed by atoms with E-state index < -0.39 is 6.03 Å². The Kier molecular flexibility index (Phi) is 2.97. The minimum Gasteiger partial charge on any atom is -0.333 e. The first kappa shape index (κ1) is 11.4. The average molecular weight is 234 g/mol. The van der Waals surface area contributed by atoms with Gasteiger partial charge in [-0.2, -0.15) is 0 Å². The smallest absolute Gasteiger partial charge is 0.329 e. The number of likely N-dealkylation sites (N-methyl/N-ethyl adjacent to an activating group) is 1. The van der Waals surface area contributed by atoms with Gasteiger partial charge in [0, 0.05) is 19.3 Å². The van der Waals surface area contributed by atoms with Crippen LogP contribution in [0.2, 0.25) is 0 Å². The van der Waals surface area contributed by atoms with Crippen LogP contribution < -0.4 is 21.5 Å². The monoisotopic (exact) mass is 234 g/mol. The zero-order valence-corrected chi connectivity index (χ0v) is 9.49. The fourth-order valence-electron chi connectivity index (χ4n) is 1.87. The minimum atomic E-state index is -0.432. The highest BCUT2D eigenvalue weighted by Gasteiger charge is 2.23. The van der Waals surface area contributed by atoms with Gasteiger partial charge >= 0.3 is 6.03 Å². The molecule has 90 valence electrons. The molecule has 1 aromatic carbocycles. The standard InChI is InChI=1S/C11H14N4O2/c1-15-9-3-2-7(6-13-11(17)14-12)4-8(9)5-10(15)16/h2-4H,5-6,12H2,1H3,(H2,13,14,17). The normalized spacial score (nSPS) is 13.5. The lowest BCUT2D eigenvalue weighted by atomic mass is 10.1. The highest BCUT2D eigenvalue weighted by Crippen LogP contribution is 2.28. The Morgan fingerprint density at radius 2 is 2.29 bits per heavy atom. The number of anilines is 1. The number of hydrogen-bond acceptors (Lipinski definition) is 3. The predicted octanol–water partition coefficient (Wildman–Crippen LogP) is -0.122. The number of hydrazine groups is 1. The number of nitrogens with zero attached hydrogens (tertiary/aromatic N) is 1. The molecular formula is C11H14N4O2. The molecule has 0 saturated carbocycles. The second kappa shape index (κ2) is 4.42. The maximum atomic E-state index is 11.5. The first-order valence-electron chi connectivity index (χ1n) is 5.24. The highest BCUT2D eigenvalue weighted by atomic mass is 16.2. The molecule has 0 radical (unpaired) electrons. The van der Waals surface area contributed by atoms with E-state index in [-0.39, 0.29) is 5.91 Å². The van der Waals surface area contributed by atoms with Crippen molar-refractivity contribution in [2.45, 2.75) is 13.0 Å². The summed E-state index contributed by atoms with van der Waals surface area (Å²) in [6, 6.07) is 5.26. The van der Waals surface area contributed by atoms with Crippen molar-refractivity contribution in [2.24, 2.45) is 5.84 Å². The predicted molar refractivity (Wildman–Crippen MR) is 63.1 cm³/mol. The van der Waals surface area contributed by atoms with Crippen LogP contribution >= 0.6 is 0 Å². The Labute approximate surface area is 98.7 Å². The Morgan fingerprint density at radius 3 is 3.00 bits per heavy atom. The lowest BCUT2D eigenvalue weighted by Gasteiger charge is -2.10. The summed E-state index contributed by atoms with van der Waals surface area (Å²) in [5.74, 6) is 5.04. The summed E-state index contributed by atoms with van der Waals surface area (Å²) in [4.78, 5) is 24.0. The molecule has 0 bridgehead atoms. The Morgan fingerprint density at radius 1 is 1.53 bits per heavy atom. The summed E-state index contributed by atoms with van der Waals surface area (Å²) in [6.07, 6.45) is 0.419. The van der Waals surface area contributed by atoms with Gasteiger partial charge in [0.25, 0.3) is 0 Å². The van der Waals surface area contributed by atoms with Crippen LogP contribution in [-0.2, 0) is 17.8 Å². The number of carbonyl (C=O) groups excluding carboxylic acids is 2. The Hall–Kier alpha value is -2.08. The van der Waals surface area contributed by atoms with Crippen LogP contribution in [0.5, 0.6) is 0 Å². The SMILES string of the molecule is CN1C(=O)Cc2cc(CNC(=O)NN)ccc21. The zero-order valence-electron chi connectivity index (χ0n) is 9.49. The maximum absolute atomic E-state index is 11.5. The molecule has 0 aliphatic carbocycles. The molecule has 2 rings (SSSR count).